The Bertz CT molecular complexity index is 905. The monoisotopic (exact) mass is 401 g/mol. The minimum atomic E-state index is -3.09. The standard InChI is InChI=1S/C22H27NO4S/c1-3-17-5-7-18(8-6-17)15-23(20-13-14-28(25,26)16-20)22(24)19-9-11-21(12-10-19)27-4-2/h5-12,20H,3-4,13-16H2,1-2H3. The number of benzene rings is 2. The van der Waals surface area contributed by atoms with Crippen molar-refractivity contribution in [3.63, 3.8) is 0 Å². The van der Waals surface area contributed by atoms with E-state index in [2.05, 4.69) is 19.1 Å². The maximum atomic E-state index is 13.2. The molecule has 5 nitrogen and oxygen atoms in total. The zero-order valence-electron chi connectivity index (χ0n) is 16.4. The molecule has 6 heteroatoms. The molecule has 1 amide bonds. The van der Waals surface area contributed by atoms with Crippen LogP contribution < -0.4 is 4.74 Å². The Balaban J connectivity index is 1.85. The maximum absolute atomic E-state index is 13.2. The molecule has 1 fully saturated rings. The van der Waals surface area contributed by atoms with Gasteiger partial charge >= 0.3 is 0 Å². The Morgan fingerprint density at radius 3 is 2.21 bits per heavy atom. The summed E-state index contributed by atoms with van der Waals surface area (Å²) in [5, 5.41) is 0. The van der Waals surface area contributed by atoms with Gasteiger partial charge in [0, 0.05) is 18.2 Å². The van der Waals surface area contributed by atoms with Crippen LogP contribution in [0.1, 0.15) is 41.8 Å². The van der Waals surface area contributed by atoms with Gasteiger partial charge in [-0.05, 0) is 55.2 Å². The van der Waals surface area contributed by atoms with Gasteiger partial charge in [0.25, 0.3) is 5.91 Å². The highest BCUT2D eigenvalue weighted by atomic mass is 32.2. The Morgan fingerprint density at radius 1 is 1.04 bits per heavy atom. The fraction of sp³-hybridized carbons (Fsp3) is 0.409. The van der Waals surface area contributed by atoms with E-state index < -0.39 is 9.84 Å². The highest BCUT2D eigenvalue weighted by molar-refractivity contribution is 7.91. The molecule has 1 aliphatic rings. The van der Waals surface area contributed by atoms with Gasteiger partial charge in [0.15, 0.2) is 9.84 Å². The highest BCUT2D eigenvalue weighted by Crippen LogP contribution is 2.23. The first-order chi connectivity index (χ1) is 13.4. The molecule has 0 bridgehead atoms. The van der Waals surface area contributed by atoms with Crippen molar-refractivity contribution in [1.29, 1.82) is 0 Å². The molecule has 150 valence electrons. The summed E-state index contributed by atoms with van der Waals surface area (Å²) in [5.74, 6) is 0.733. The van der Waals surface area contributed by atoms with Gasteiger partial charge in [0.1, 0.15) is 5.75 Å². The van der Waals surface area contributed by atoms with Gasteiger partial charge in [-0.3, -0.25) is 4.79 Å². The average molecular weight is 402 g/mol. The Morgan fingerprint density at radius 2 is 1.68 bits per heavy atom. The summed E-state index contributed by atoms with van der Waals surface area (Å²) >= 11 is 0. The molecule has 1 heterocycles. The molecule has 2 aromatic rings. The van der Waals surface area contributed by atoms with E-state index in [0.717, 1.165) is 12.0 Å². The summed E-state index contributed by atoms with van der Waals surface area (Å²) in [6.07, 6.45) is 1.44. The lowest BCUT2D eigenvalue weighted by Gasteiger charge is -2.28. The zero-order chi connectivity index (χ0) is 20.1. The number of nitrogens with zero attached hydrogens (tertiary/aromatic N) is 1. The number of carbonyl (C=O) groups is 1. The van der Waals surface area contributed by atoms with E-state index in [9.17, 15) is 13.2 Å². The predicted octanol–water partition coefficient (Wildman–Crippen LogP) is 3.48. The van der Waals surface area contributed by atoms with Crippen LogP contribution in [-0.2, 0) is 22.8 Å². The predicted molar refractivity (Wildman–Crippen MR) is 110 cm³/mol. The van der Waals surface area contributed by atoms with Crippen molar-refractivity contribution < 1.29 is 17.9 Å². The van der Waals surface area contributed by atoms with Crippen molar-refractivity contribution in [2.75, 3.05) is 18.1 Å². The number of carbonyl (C=O) groups excluding carboxylic acids is 1. The lowest BCUT2D eigenvalue weighted by Crippen LogP contribution is -2.40. The van der Waals surface area contributed by atoms with Crippen LogP contribution in [0.3, 0.4) is 0 Å². The van der Waals surface area contributed by atoms with Crippen LogP contribution in [0.2, 0.25) is 0 Å². The number of hydrogen-bond acceptors (Lipinski definition) is 4. The summed E-state index contributed by atoms with van der Waals surface area (Å²) in [4.78, 5) is 14.9. The lowest BCUT2D eigenvalue weighted by atomic mass is 10.1. The van der Waals surface area contributed by atoms with Gasteiger partial charge in [-0.15, -0.1) is 0 Å². The molecule has 0 aromatic heterocycles. The van der Waals surface area contributed by atoms with Crippen LogP contribution in [0, 0.1) is 0 Å². The molecule has 1 aliphatic heterocycles. The van der Waals surface area contributed by atoms with Crippen molar-refractivity contribution in [2.24, 2.45) is 0 Å². The highest BCUT2D eigenvalue weighted by Gasteiger charge is 2.35. The van der Waals surface area contributed by atoms with Gasteiger partial charge in [0.05, 0.1) is 18.1 Å². The first-order valence-electron chi connectivity index (χ1n) is 9.74. The third-order valence-electron chi connectivity index (χ3n) is 5.11. The van der Waals surface area contributed by atoms with Crippen molar-refractivity contribution in [3.05, 3.63) is 65.2 Å². The Hall–Kier alpha value is -2.34. The SMILES string of the molecule is CCOc1ccc(C(=O)N(Cc2ccc(CC)cc2)C2CCS(=O)(=O)C2)cc1. The lowest BCUT2D eigenvalue weighted by molar-refractivity contribution is 0.0681. The van der Waals surface area contributed by atoms with Crippen molar-refractivity contribution in [2.45, 2.75) is 39.3 Å². The minimum Gasteiger partial charge on any atom is -0.494 e. The molecule has 1 atom stereocenters. The molecule has 0 saturated carbocycles. The fourth-order valence-electron chi connectivity index (χ4n) is 3.49. The van der Waals surface area contributed by atoms with Crippen LogP contribution in [0.5, 0.6) is 5.75 Å². The average Bonchev–Trinajstić information content (AvgIpc) is 3.06. The molecule has 28 heavy (non-hydrogen) atoms. The van der Waals surface area contributed by atoms with Crippen LogP contribution >= 0.6 is 0 Å². The summed E-state index contributed by atoms with van der Waals surface area (Å²) in [6, 6.07) is 14.9. The van der Waals surface area contributed by atoms with Crippen molar-refractivity contribution in [3.8, 4) is 5.75 Å². The van der Waals surface area contributed by atoms with Crippen LogP contribution in [0.4, 0.5) is 0 Å². The smallest absolute Gasteiger partial charge is 0.254 e. The second-order valence-corrected chi connectivity index (χ2v) is 9.35. The largest absolute Gasteiger partial charge is 0.494 e. The molecule has 2 aromatic carbocycles. The molecular weight excluding hydrogens is 374 g/mol. The minimum absolute atomic E-state index is 0.0306. The van der Waals surface area contributed by atoms with E-state index in [-0.39, 0.29) is 23.5 Å². The Kier molecular flexibility index (Phi) is 6.39. The second kappa shape index (κ2) is 8.78. The molecular formula is C22H27NO4S. The van der Waals surface area contributed by atoms with E-state index in [4.69, 9.17) is 4.74 Å². The first kappa shape index (κ1) is 20.4. The maximum Gasteiger partial charge on any atom is 0.254 e. The van der Waals surface area contributed by atoms with Crippen LogP contribution in [0.25, 0.3) is 0 Å². The number of amides is 1. The van der Waals surface area contributed by atoms with Gasteiger partial charge in [-0.1, -0.05) is 31.2 Å². The van der Waals surface area contributed by atoms with Gasteiger partial charge in [0.2, 0.25) is 0 Å². The second-order valence-electron chi connectivity index (χ2n) is 7.12. The summed E-state index contributed by atoms with van der Waals surface area (Å²) in [5.41, 5.74) is 2.77. The molecule has 1 saturated heterocycles. The van der Waals surface area contributed by atoms with E-state index in [1.165, 1.54) is 5.56 Å². The third kappa shape index (κ3) is 4.93. The summed E-state index contributed by atoms with van der Waals surface area (Å²) in [7, 11) is -3.09. The molecule has 3 rings (SSSR count). The molecule has 1 unspecified atom stereocenters. The number of hydrogen-bond donors (Lipinski definition) is 0. The quantitative estimate of drug-likeness (QED) is 0.713. The first-order valence-corrected chi connectivity index (χ1v) is 11.6. The Labute approximate surface area is 167 Å². The van der Waals surface area contributed by atoms with E-state index >= 15 is 0 Å². The van der Waals surface area contributed by atoms with Crippen molar-refractivity contribution in [1.82, 2.24) is 4.90 Å². The fourth-order valence-corrected chi connectivity index (χ4v) is 5.22. The van der Waals surface area contributed by atoms with Gasteiger partial charge in [-0.25, -0.2) is 8.42 Å². The van der Waals surface area contributed by atoms with E-state index in [0.29, 0.717) is 30.9 Å². The number of rotatable bonds is 7. The molecule has 0 N–H and O–H groups in total. The summed E-state index contributed by atoms with van der Waals surface area (Å²) in [6.45, 7) is 4.97. The molecule has 0 aliphatic carbocycles. The number of aryl methyl sites for hydroxylation is 1. The van der Waals surface area contributed by atoms with Crippen LogP contribution in [0.15, 0.2) is 48.5 Å². The van der Waals surface area contributed by atoms with Crippen LogP contribution in [-0.4, -0.2) is 43.4 Å². The number of ether oxygens (including phenoxy) is 1. The van der Waals surface area contributed by atoms with E-state index in [1.807, 2.05) is 19.1 Å². The topological polar surface area (TPSA) is 63.7 Å². The third-order valence-corrected chi connectivity index (χ3v) is 6.86. The zero-order valence-corrected chi connectivity index (χ0v) is 17.2. The summed E-state index contributed by atoms with van der Waals surface area (Å²) < 4.78 is 29.4. The number of sulfone groups is 1. The van der Waals surface area contributed by atoms with Gasteiger partial charge in [-0.2, -0.15) is 0 Å². The normalized spacial score (nSPS) is 18.0. The molecule has 0 spiro atoms. The van der Waals surface area contributed by atoms with Gasteiger partial charge < -0.3 is 9.64 Å². The van der Waals surface area contributed by atoms with E-state index in [1.54, 1.807) is 29.2 Å². The molecule has 0 radical (unpaired) electrons. The van der Waals surface area contributed by atoms with Crippen molar-refractivity contribution >= 4 is 15.7 Å².